The van der Waals surface area contributed by atoms with Gasteiger partial charge >= 0.3 is 0 Å². The van der Waals surface area contributed by atoms with Crippen LogP contribution in [0.3, 0.4) is 0 Å². The van der Waals surface area contributed by atoms with E-state index >= 15 is 0 Å². The number of carbonyl (C=O) groups is 1. The first kappa shape index (κ1) is 18.0. The molecule has 0 amide bonds. The third-order valence-electron chi connectivity index (χ3n) is 4.07. The summed E-state index contributed by atoms with van der Waals surface area (Å²) in [6, 6.07) is 17.6. The van der Waals surface area contributed by atoms with Gasteiger partial charge in [-0.15, -0.1) is 0 Å². The fourth-order valence-corrected chi connectivity index (χ4v) is 2.64. The van der Waals surface area contributed by atoms with Crippen LogP contribution < -0.4 is 4.90 Å². The van der Waals surface area contributed by atoms with E-state index in [0.29, 0.717) is 16.8 Å². The van der Waals surface area contributed by atoms with E-state index in [2.05, 4.69) is 4.98 Å². The number of aromatic nitrogens is 1. The maximum absolute atomic E-state index is 12.1. The quantitative estimate of drug-likeness (QED) is 0.277. The number of para-hydroxylation sites is 1. The highest BCUT2D eigenvalue weighted by Crippen LogP contribution is 2.33. The third kappa shape index (κ3) is 4.24. The molecule has 6 heteroatoms. The number of pyridine rings is 1. The summed E-state index contributed by atoms with van der Waals surface area (Å²) in [7, 11) is 1.78. The SMILES string of the molecule is CN(c1ccccc1)c1ccc(/C=C/C(=O)c2cccnc2)cc1[N+](=O)[O-]. The van der Waals surface area contributed by atoms with E-state index in [-0.39, 0.29) is 11.5 Å². The van der Waals surface area contributed by atoms with Crippen molar-refractivity contribution in [1.82, 2.24) is 4.98 Å². The molecule has 134 valence electrons. The molecular formula is C21H17N3O3. The summed E-state index contributed by atoms with van der Waals surface area (Å²) in [4.78, 5) is 28.9. The second kappa shape index (κ2) is 8.05. The number of nitro benzene ring substituents is 1. The van der Waals surface area contributed by atoms with E-state index in [1.54, 1.807) is 48.5 Å². The molecule has 3 rings (SSSR count). The van der Waals surface area contributed by atoms with E-state index < -0.39 is 4.92 Å². The Hall–Kier alpha value is -3.80. The van der Waals surface area contributed by atoms with Gasteiger partial charge in [0, 0.05) is 36.8 Å². The van der Waals surface area contributed by atoms with Crippen LogP contribution in [0.2, 0.25) is 0 Å². The monoisotopic (exact) mass is 359 g/mol. The number of hydrogen-bond acceptors (Lipinski definition) is 5. The number of ketones is 1. The molecule has 0 spiro atoms. The summed E-state index contributed by atoms with van der Waals surface area (Å²) in [5, 5.41) is 11.5. The molecule has 0 aliphatic heterocycles. The second-order valence-electron chi connectivity index (χ2n) is 5.84. The van der Waals surface area contributed by atoms with Crippen LogP contribution in [0, 0.1) is 10.1 Å². The lowest BCUT2D eigenvalue weighted by atomic mass is 10.1. The lowest BCUT2D eigenvalue weighted by molar-refractivity contribution is -0.384. The van der Waals surface area contributed by atoms with Gasteiger partial charge in [0.2, 0.25) is 0 Å². The molecule has 6 nitrogen and oxygen atoms in total. The van der Waals surface area contributed by atoms with Gasteiger partial charge in [0.1, 0.15) is 5.69 Å². The Kier molecular flexibility index (Phi) is 5.37. The van der Waals surface area contributed by atoms with Crippen molar-refractivity contribution >= 4 is 28.9 Å². The van der Waals surface area contributed by atoms with Crippen molar-refractivity contribution in [2.75, 3.05) is 11.9 Å². The summed E-state index contributed by atoms with van der Waals surface area (Å²) in [6.07, 6.45) is 6.02. The predicted octanol–water partition coefficient (Wildman–Crippen LogP) is 4.65. The highest BCUT2D eigenvalue weighted by atomic mass is 16.6. The lowest BCUT2D eigenvalue weighted by Gasteiger charge is -2.19. The zero-order valence-electron chi connectivity index (χ0n) is 14.6. The molecule has 0 aliphatic carbocycles. The smallest absolute Gasteiger partial charge is 0.293 e. The molecule has 0 saturated carbocycles. The van der Waals surface area contributed by atoms with Crippen LogP contribution >= 0.6 is 0 Å². The Bertz CT molecular complexity index is 986. The van der Waals surface area contributed by atoms with Crippen molar-refractivity contribution in [3.63, 3.8) is 0 Å². The largest absolute Gasteiger partial charge is 0.339 e. The average Bonchev–Trinajstić information content (AvgIpc) is 2.72. The summed E-state index contributed by atoms with van der Waals surface area (Å²) in [5.41, 5.74) is 2.32. The Morgan fingerprint density at radius 1 is 1.11 bits per heavy atom. The Balaban J connectivity index is 1.89. The second-order valence-corrected chi connectivity index (χ2v) is 5.84. The van der Waals surface area contributed by atoms with Crippen molar-refractivity contribution in [3.05, 3.63) is 100 Å². The normalized spacial score (nSPS) is 10.7. The summed E-state index contributed by atoms with van der Waals surface area (Å²) < 4.78 is 0. The molecule has 1 heterocycles. The number of nitrogens with zero attached hydrogens (tertiary/aromatic N) is 3. The standard InChI is InChI=1S/C21H17N3O3/c1-23(18-7-3-2-4-8-18)19-11-9-16(14-20(19)24(26)27)10-12-21(25)17-6-5-13-22-15-17/h2-15H,1H3/b12-10+. The molecule has 2 aromatic carbocycles. The van der Waals surface area contributed by atoms with E-state index in [4.69, 9.17) is 0 Å². The minimum absolute atomic E-state index is 0.0303. The molecule has 0 bridgehead atoms. The van der Waals surface area contributed by atoms with Gasteiger partial charge < -0.3 is 4.90 Å². The number of benzene rings is 2. The van der Waals surface area contributed by atoms with Crippen molar-refractivity contribution < 1.29 is 9.72 Å². The Morgan fingerprint density at radius 3 is 2.56 bits per heavy atom. The third-order valence-corrected chi connectivity index (χ3v) is 4.07. The number of carbonyl (C=O) groups excluding carboxylic acids is 1. The maximum atomic E-state index is 12.1. The van der Waals surface area contributed by atoms with E-state index in [9.17, 15) is 14.9 Å². The molecule has 3 aromatic rings. The zero-order chi connectivity index (χ0) is 19.2. The number of rotatable bonds is 6. The molecule has 0 aliphatic rings. The molecule has 27 heavy (non-hydrogen) atoms. The van der Waals surface area contributed by atoms with E-state index in [1.807, 2.05) is 30.3 Å². The number of allylic oxidation sites excluding steroid dienone is 1. The molecule has 0 atom stereocenters. The molecule has 0 fully saturated rings. The van der Waals surface area contributed by atoms with Crippen molar-refractivity contribution in [2.24, 2.45) is 0 Å². The van der Waals surface area contributed by atoms with Crippen LogP contribution in [0.1, 0.15) is 15.9 Å². The van der Waals surface area contributed by atoms with Crippen molar-refractivity contribution in [3.8, 4) is 0 Å². The van der Waals surface area contributed by atoms with Gasteiger partial charge in [-0.2, -0.15) is 0 Å². The first-order valence-corrected chi connectivity index (χ1v) is 8.26. The molecule has 0 N–H and O–H groups in total. The van der Waals surface area contributed by atoms with Crippen molar-refractivity contribution in [1.29, 1.82) is 0 Å². The van der Waals surface area contributed by atoms with Gasteiger partial charge in [0.25, 0.3) is 5.69 Å². The number of nitro groups is 1. The minimum Gasteiger partial charge on any atom is -0.339 e. The van der Waals surface area contributed by atoms with Crippen LogP contribution in [-0.2, 0) is 0 Å². The molecule has 0 radical (unpaired) electrons. The minimum atomic E-state index is -0.422. The average molecular weight is 359 g/mol. The first-order chi connectivity index (χ1) is 13.1. The molecule has 1 aromatic heterocycles. The van der Waals surface area contributed by atoms with Crippen LogP contribution in [0.25, 0.3) is 6.08 Å². The lowest BCUT2D eigenvalue weighted by Crippen LogP contribution is -2.11. The summed E-state index contributed by atoms with van der Waals surface area (Å²) in [5.74, 6) is -0.212. The maximum Gasteiger partial charge on any atom is 0.293 e. The zero-order valence-corrected chi connectivity index (χ0v) is 14.6. The fraction of sp³-hybridized carbons (Fsp3) is 0.0476. The Morgan fingerprint density at radius 2 is 1.89 bits per heavy atom. The predicted molar refractivity (Wildman–Crippen MR) is 105 cm³/mol. The number of hydrogen-bond donors (Lipinski definition) is 0. The van der Waals surface area contributed by atoms with Crippen LogP contribution in [0.15, 0.2) is 79.1 Å². The van der Waals surface area contributed by atoms with Crippen LogP contribution in [0.4, 0.5) is 17.1 Å². The molecule has 0 unspecified atom stereocenters. The first-order valence-electron chi connectivity index (χ1n) is 8.26. The molecular weight excluding hydrogens is 342 g/mol. The summed E-state index contributed by atoms with van der Waals surface area (Å²) in [6.45, 7) is 0. The van der Waals surface area contributed by atoms with Crippen LogP contribution in [0.5, 0.6) is 0 Å². The van der Waals surface area contributed by atoms with Gasteiger partial charge in [-0.25, -0.2) is 0 Å². The van der Waals surface area contributed by atoms with Gasteiger partial charge in [-0.1, -0.05) is 30.3 Å². The van der Waals surface area contributed by atoms with Gasteiger partial charge in [-0.3, -0.25) is 19.9 Å². The summed E-state index contributed by atoms with van der Waals surface area (Å²) >= 11 is 0. The number of anilines is 2. The van der Waals surface area contributed by atoms with Crippen LogP contribution in [-0.4, -0.2) is 22.7 Å². The molecule has 0 saturated heterocycles. The Labute approximate surface area is 156 Å². The van der Waals surface area contributed by atoms with E-state index in [1.165, 1.54) is 18.3 Å². The highest BCUT2D eigenvalue weighted by molar-refractivity contribution is 6.06. The van der Waals surface area contributed by atoms with Gasteiger partial charge in [0.05, 0.1) is 4.92 Å². The highest BCUT2D eigenvalue weighted by Gasteiger charge is 2.18. The van der Waals surface area contributed by atoms with Gasteiger partial charge in [-0.05, 0) is 42.0 Å². The van der Waals surface area contributed by atoms with Crippen molar-refractivity contribution in [2.45, 2.75) is 0 Å². The van der Waals surface area contributed by atoms with E-state index in [0.717, 1.165) is 5.69 Å². The fourth-order valence-electron chi connectivity index (χ4n) is 2.64. The topological polar surface area (TPSA) is 76.3 Å². The van der Waals surface area contributed by atoms with Gasteiger partial charge in [0.15, 0.2) is 5.78 Å².